The van der Waals surface area contributed by atoms with Gasteiger partial charge in [-0.3, -0.25) is 0 Å². The zero-order chi connectivity index (χ0) is 9.30. The number of halogens is 2. The summed E-state index contributed by atoms with van der Waals surface area (Å²) >= 11 is 0. The highest BCUT2D eigenvalue weighted by atomic mass is 19.2. The van der Waals surface area contributed by atoms with Crippen LogP contribution in [-0.4, -0.2) is 7.11 Å². The lowest BCUT2D eigenvalue weighted by Gasteiger charge is -1.97. The number of methoxy groups -OCH3 is 1. The lowest BCUT2D eigenvalue weighted by molar-refractivity contribution is 0.322. The molecule has 0 aliphatic rings. The largest absolute Gasteiger partial charge is 0.490 e. The van der Waals surface area contributed by atoms with Gasteiger partial charge in [-0.1, -0.05) is 6.58 Å². The van der Waals surface area contributed by atoms with Gasteiger partial charge in [0.25, 0.3) is 0 Å². The van der Waals surface area contributed by atoms with Gasteiger partial charge in [-0.25, -0.2) is 0 Å². The predicted molar refractivity (Wildman–Crippen MR) is 39.9 cm³/mol. The molecule has 1 aromatic rings. The molecular weight excluding hydrogens is 166 g/mol. The molecule has 0 spiro atoms. The molecular formula is C8H8F2O2. The van der Waals surface area contributed by atoms with Gasteiger partial charge < -0.3 is 9.15 Å². The second-order valence-corrected chi connectivity index (χ2v) is 2.33. The maximum absolute atomic E-state index is 12.7. The van der Waals surface area contributed by atoms with E-state index in [1.54, 1.807) is 6.92 Å². The van der Waals surface area contributed by atoms with Crippen molar-refractivity contribution in [1.82, 2.24) is 0 Å². The number of ether oxygens (including phenoxy) is 1. The summed E-state index contributed by atoms with van der Waals surface area (Å²) in [6.45, 7) is 5.05. The molecule has 0 fully saturated rings. The molecule has 0 aliphatic heterocycles. The number of hydrogen-bond acceptors (Lipinski definition) is 2. The van der Waals surface area contributed by atoms with Crippen molar-refractivity contribution in [1.29, 1.82) is 0 Å². The molecule has 2 nitrogen and oxygen atoms in total. The van der Waals surface area contributed by atoms with E-state index in [1.807, 2.05) is 0 Å². The van der Waals surface area contributed by atoms with Gasteiger partial charge >= 0.3 is 6.01 Å². The van der Waals surface area contributed by atoms with Crippen molar-refractivity contribution in [2.45, 2.75) is 6.92 Å². The van der Waals surface area contributed by atoms with Gasteiger partial charge in [0.1, 0.15) is 0 Å². The number of allylic oxidation sites excluding steroid dienone is 1. The van der Waals surface area contributed by atoms with E-state index >= 15 is 0 Å². The van der Waals surface area contributed by atoms with E-state index in [4.69, 9.17) is 0 Å². The molecule has 1 aromatic heterocycles. The molecule has 0 aromatic carbocycles. The fourth-order valence-corrected chi connectivity index (χ4v) is 0.833. The molecule has 1 heterocycles. The van der Waals surface area contributed by atoms with E-state index in [9.17, 15) is 8.78 Å². The first-order chi connectivity index (χ1) is 5.57. The molecule has 0 saturated heterocycles. The van der Waals surface area contributed by atoms with Crippen LogP contribution >= 0.6 is 0 Å². The van der Waals surface area contributed by atoms with Crippen molar-refractivity contribution in [3.8, 4) is 5.75 Å². The zero-order valence-corrected chi connectivity index (χ0v) is 6.78. The fraction of sp³-hybridized carbons (Fsp3) is 0.250. The van der Waals surface area contributed by atoms with Crippen LogP contribution in [0.2, 0.25) is 0 Å². The van der Waals surface area contributed by atoms with Crippen LogP contribution in [0.25, 0.3) is 5.57 Å². The molecule has 0 aliphatic carbocycles. The minimum atomic E-state index is -1.27. The summed E-state index contributed by atoms with van der Waals surface area (Å²) in [5.41, 5.74) is 0.412. The van der Waals surface area contributed by atoms with Crippen molar-refractivity contribution in [3.05, 3.63) is 24.2 Å². The Morgan fingerprint density at radius 2 is 2.08 bits per heavy atom. The summed E-state index contributed by atoms with van der Waals surface area (Å²) in [5.74, 6) is -1.34. The second kappa shape index (κ2) is 2.97. The van der Waals surface area contributed by atoms with Crippen LogP contribution < -0.4 is 4.74 Å². The minimum Gasteiger partial charge on any atom is -0.490 e. The third-order valence-electron chi connectivity index (χ3n) is 1.36. The quantitative estimate of drug-likeness (QED) is 0.687. The van der Waals surface area contributed by atoms with Gasteiger partial charge in [0.2, 0.25) is 11.6 Å². The summed E-state index contributed by atoms with van der Waals surface area (Å²) in [6.07, 6.45) is 0. The highest BCUT2D eigenvalue weighted by Gasteiger charge is 2.21. The van der Waals surface area contributed by atoms with Crippen LogP contribution in [-0.2, 0) is 0 Å². The summed E-state index contributed by atoms with van der Waals surface area (Å²) in [5, 5.41) is 0. The molecule has 0 amide bonds. The Kier molecular flexibility index (Phi) is 2.17. The Bertz CT molecular complexity index is 315. The normalized spacial score (nSPS) is 10.0. The van der Waals surface area contributed by atoms with Gasteiger partial charge in [0.05, 0.1) is 7.11 Å². The maximum atomic E-state index is 12.7. The SMILES string of the molecule is C=C(C)c1oc(F)c(F)c1OC. The van der Waals surface area contributed by atoms with Crippen LogP contribution in [0, 0.1) is 11.8 Å². The first-order valence-corrected chi connectivity index (χ1v) is 3.25. The summed E-state index contributed by atoms with van der Waals surface area (Å²) < 4.78 is 34.3. The average molecular weight is 174 g/mol. The monoisotopic (exact) mass is 174 g/mol. The van der Waals surface area contributed by atoms with Gasteiger partial charge in [0, 0.05) is 0 Å². The molecule has 1 rings (SSSR count). The Morgan fingerprint density at radius 3 is 2.42 bits per heavy atom. The summed E-state index contributed by atoms with van der Waals surface area (Å²) in [4.78, 5) is 0. The Morgan fingerprint density at radius 1 is 1.50 bits per heavy atom. The van der Waals surface area contributed by atoms with Gasteiger partial charge in [-0.15, -0.1) is 0 Å². The minimum absolute atomic E-state index is 0.00694. The molecule has 66 valence electrons. The first-order valence-electron chi connectivity index (χ1n) is 3.25. The Balaban J connectivity index is 3.29. The maximum Gasteiger partial charge on any atom is 0.318 e. The van der Waals surface area contributed by atoms with E-state index in [1.165, 1.54) is 7.11 Å². The van der Waals surface area contributed by atoms with Crippen molar-refractivity contribution in [2.75, 3.05) is 7.11 Å². The average Bonchev–Trinajstić information content (AvgIpc) is 2.29. The van der Waals surface area contributed by atoms with Crippen LogP contribution in [0.1, 0.15) is 12.7 Å². The fourth-order valence-electron chi connectivity index (χ4n) is 0.833. The second-order valence-electron chi connectivity index (χ2n) is 2.33. The van der Waals surface area contributed by atoms with Gasteiger partial charge in [0.15, 0.2) is 5.76 Å². The smallest absolute Gasteiger partial charge is 0.318 e. The predicted octanol–water partition coefficient (Wildman–Crippen LogP) is 2.60. The van der Waals surface area contributed by atoms with E-state index < -0.39 is 11.8 Å². The van der Waals surface area contributed by atoms with E-state index in [0.29, 0.717) is 5.57 Å². The molecule has 0 N–H and O–H groups in total. The lowest BCUT2D eigenvalue weighted by Crippen LogP contribution is -1.87. The number of rotatable bonds is 2. The third-order valence-corrected chi connectivity index (χ3v) is 1.36. The third kappa shape index (κ3) is 1.20. The Labute approximate surface area is 68.4 Å². The van der Waals surface area contributed by atoms with Crippen LogP contribution in [0.3, 0.4) is 0 Å². The Hall–Kier alpha value is -1.32. The van der Waals surface area contributed by atoms with Crippen LogP contribution in [0.4, 0.5) is 8.78 Å². The first kappa shape index (κ1) is 8.77. The van der Waals surface area contributed by atoms with Crippen molar-refractivity contribution in [2.24, 2.45) is 0 Å². The molecule has 0 bridgehead atoms. The van der Waals surface area contributed by atoms with E-state index in [2.05, 4.69) is 15.7 Å². The highest BCUT2D eigenvalue weighted by Crippen LogP contribution is 2.31. The van der Waals surface area contributed by atoms with Crippen LogP contribution in [0.5, 0.6) is 5.75 Å². The van der Waals surface area contributed by atoms with E-state index in [0.717, 1.165) is 0 Å². The lowest BCUT2D eigenvalue weighted by atomic mass is 10.2. The summed E-state index contributed by atoms with van der Waals surface area (Å²) in [7, 11) is 1.24. The zero-order valence-electron chi connectivity index (χ0n) is 6.78. The molecule has 4 heteroatoms. The van der Waals surface area contributed by atoms with Crippen molar-refractivity contribution >= 4 is 5.57 Å². The van der Waals surface area contributed by atoms with Gasteiger partial charge in [-0.05, 0) is 12.5 Å². The van der Waals surface area contributed by atoms with E-state index in [-0.39, 0.29) is 11.5 Å². The van der Waals surface area contributed by atoms with Crippen molar-refractivity contribution in [3.63, 3.8) is 0 Å². The number of furan rings is 1. The molecule has 0 radical (unpaired) electrons. The standard InChI is InChI=1S/C8H8F2O2/c1-4(2)6-7(11-3)5(9)8(10)12-6/h1H2,2-3H3. The molecule has 0 saturated carbocycles. The van der Waals surface area contributed by atoms with Gasteiger partial charge in [-0.2, -0.15) is 8.78 Å². The number of hydrogen-bond donors (Lipinski definition) is 0. The molecule has 0 unspecified atom stereocenters. The highest BCUT2D eigenvalue weighted by molar-refractivity contribution is 5.62. The molecule has 12 heavy (non-hydrogen) atoms. The van der Waals surface area contributed by atoms with Crippen LogP contribution in [0.15, 0.2) is 11.0 Å². The van der Waals surface area contributed by atoms with Crippen molar-refractivity contribution < 1.29 is 17.9 Å². The summed E-state index contributed by atoms with van der Waals surface area (Å²) in [6, 6.07) is -1.27. The molecule has 0 atom stereocenters. The topological polar surface area (TPSA) is 22.4 Å².